The van der Waals surface area contributed by atoms with Crippen molar-refractivity contribution in [3.05, 3.63) is 64.1 Å². The molecule has 0 spiro atoms. The predicted octanol–water partition coefficient (Wildman–Crippen LogP) is 5.37. The van der Waals surface area contributed by atoms with Gasteiger partial charge in [-0.3, -0.25) is 0 Å². The van der Waals surface area contributed by atoms with Crippen molar-refractivity contribution in [2.24, 2.45) is 0 Å². The number of fused-ring (bicyclic) bond motifs is 1. The van der Waals surface area contributed by atoms with Crippen molar-refractivity contribution in [3.8, 4) is 0 Å². The van der Waals surface area contributed by atoms with Crippen LogP contribution in [0, 0.1) is 0 Å². The van der Waals surface area contributed by atoms with Crippen molar-refractivity contribution in [2.45, 2.75) is 25.2 Å². The molecule has 0 saturated carbocycles. The third kappa shape index (κ3) is 3.49. The van der Waals surface area contributed by atoms with Gasteiger partial charge in [-0.2, -0.15) is 0 Å². The molecule has 1 aliphatic heterocycles. The molecule has 0 atom stereocenters. The van der Waals surface area contributed by atoms with Crippen LogP contribution in [0.1, 0.15) is 29.3 Å². The molecule has 1 aromatic heterocycles. The van der Waals surface area contributed by atoms with E-state index in [1.54, 1.807) is 0 Å². The fourth-order valence-electron chi connectivity index (χ4n) is 3.45. The molecule has 0 N–H and O–H groups in total. The number of nitrogens with zero attached hydrogens (tertiary/aromatic N) is 2. The third-order valence-corrected chi connectivity index (χ3v) is 6.47. The van der Waals surface area contributed by atoms with Gasteiger partial charge in [0.05, 0.1) is 15.2 Å². The van der Waals surface area contributed by atoms with Gasteiger partial charge >= 0.3 is 0 Å². The molecule has 3 aromatic rings. The average molecular weight is 357 g/mol. The fraction of sp³-hybridized carbons (Fsp3) is 0.350. The molecule has 4 rings (SSSR count). The van der Waals surface area contributed by atoms with Gasteiger partial charge in [-0.05, 0) is 56.1 Å². The number of halogens is 1. The number of thiazole rings is 1. The smallest absolute Gasteiger partial charge is 0.0970 e. The zero-order chi connectivity index (χ0) is 16.4. The minimum Gasteiger partial charge on any atom is -0.303 e. The van der Waals surface area contributed by atoms with Gasteiger partial charge in [0.15, 0.2) is 0 Å². The Balaban J connectivity index is 1.34. The summed E-state index contributed by atoms with van der Waals surface area (Å²) >= 11 is 8.13. The number of benzene rings is 2. The number of para-hydroxylation sites is 1. The molecule has 24 heavy (non-hydrogen) atoms. The lowest BCUT2D eigenvalue weighted by Gasteiger charge is -2.31. The van der Waals surface area contributed by atoms with Crippen LogP contribution in [0.25, 0.3) is 10.2 Å². The zero-order valence-electron chi connectivity index (χ0n) is 13.6. The molecule has 1 aliphatic rings. The average Bonchev–Trinajstić information content (AvgIpc) is 3.06. The molecule has 4 heteroatoms. The van der Waals surface area contributed by atoms with Crippen LogP contribution in [0.15, 0.2) is 48.5 Å². The van der Waals surface area contributed by atoms with E-state index in [1.165, 1.54) is 28.1 Å². The molecular weight excluding hydrogens is 336 g/mol. The quantitative estimate of drug-likeness (QED) is 0.624. The summed E-state index contributed by atoms with van der Waals surface area (Å²) in [4.78, 5) is 7.41. The zero-order valence-corrected chi connectivity index (χ0v) is 15.2. The summed E-state index contributed by atoms with van der Waals surface area (Å²) in [5.74, 6) is 0.624. The van der Waals surface area contributed by atoms with E-state index < -0.39 is 0 Å². The summed E-state index contributed by atoms with van der Waals surface area (Å²) in [5, 5.41) is 2.21. The Labute approximate surface area is 152 Å². The molecule has 2 aromatic carbocycles. The molecule has 2 nitrogen and oxygen atoms in total. The van der Waals surface area contributed by atoms with E-state index in [2.05, 4.69) is 41.3 Å². The highest BCUT2D eigenvalue weighted by atomic mass is 35.5. The Hall–Kier alpha value is -1.42. The maximum absolute atomic E-state index is 6.26. The number of likely N-dealkylation sites (tertiary alicyclic amines) is 1. The minimum atomic E-state index is 0.624. The third-order valence-electron chi connectivity index (χ3n) is 4.90. The van der Waals surface area contributed by atoms with Gasteiger partial charge in [0.25, 0.3) is 0 Å². The number of piperidine rings is 1. The first-order chi connectivity index (χ1) is 11.8. The van der Waals surface area contributed by atoms with Crippen LogP contribution in [0.4, 0.5) is 0 Å². The highest BCUT2D eigenvalue weighted by Gasteiger charge is 2.23. The molecule has 1 fully saturated rings. The summed E-state index contributed by atoms with van der Waals surface area (Å²) in [5.41, 5.74) is 2.41. The standard InChI is InChI=1S/C20H21ClN2S/c21-17-6-2-1-5-15(17)9-12-23-13-10-16(11-14-23)20-22-18-7-3-4-8-19(18)24-20/h1-8,16H,9-14H2. The highest BCUT2D eigenvalue weighted by Crippen LogP contribution is 2.33. The van der Waals surface area contributed by atoms with Crippen molar-refractivity contribution in [1.29, 1.82) is 0 Å². The molecule has 1 saturated heterocycles. The second-order valence-electron chi connectivity index (χ2n) is 6.48. The highest BCUT2D eigenvalue weighted by molar-refractivity contribution is 7.18. The molecule has 0 radical (unpaired) electrons. The summed E-state index contributed by atoms with van der Waals surface area (Å²) < 4.78 is 1.31. The van der Waals surface area contributed by atoms with Gasteiger partial charge in [-0.15, -0.1) is 11.3 Å². The number of hydrogen-bond donors (Lipinski definition) is 0. The van der Waals surface area contributed by atoms with Gasteiger partial charge in [0, 0.05) is 17.5 Å². The van der Waals surface area contributed by atoms with E-state index in [0.717, 1.165) is 36.6 Å². The lowest BCUT2D eigenvalue weighted by molar-refractivity contribution is 0.214. The number of aromatic nitrogens is 1. The van der Waals surface area contributed by atoms with E-state index >= 15 is 0 Å². The first kappa shape index (κ1) is 16.1. The van der Waals surface area contributed by atoms with Crippen LogP contribution >= 0.6 is 22.9 Å². The minimum absolute atomic E-state index is 0.624. The Morgan fingerprint density at radius 2 is 1.79 bits per heavy atom. The Bertz CT molecular complexity index is 788. The number of hydrogen-bond acceptors (Lipinski definition) is 3. The summed E-state index contributed by atoms with van der Waals surface area (Å²) in [6, 6.07) is 16.6. The molecule has 2 heterocycles. The van der Waals surface area contributed by atoms with Crippen LogP contribution in [-0.2, 0) is 6.42 Å². The first-order valence-electron chi connectivity index (χ1n) is 8.61. The summed E-state index contributed by atoms with van der Waals surface area (Å²) in [6.07, 6.45) is 3.45. The van der Waals surface area contributed by atoms with E-state index in [4.69, 9.17) is 16.6 Å². The first-order valence-corrected chi connectivity index (χ1v) is 9.80. The molecule has 0 aliphatic carbocycles. The maximum Gasteiger partial charge on any atom is 0.0970 e. The van der Waals surface area contributed by atoms with Crippen LogP contribution in [0.5, 0.6) is 0 Å². The van der Waals surface area contributed by atoms with E-state index in [-0.39, 0.29) is 0 Å². The van der Waals surface area contributed by atoms with Crippen molar-refractivity contribution in [3.63, 3.8) is 0 Å². The Kier molecular flexibility index (Phi) is 4.83. The SMILES string of the molecule is Clc1ccccc1CCN1CCC(c2nc3ccccc3s2)CC1. The van der Waals surface area contributed by atoms with Gasteiger partial charge < -0.3 is 4.90 Å². The van der Waals surface area contributed by atoms with Gasteiger partial charge in [-0.1, -0.05) is 41.9 Å². The Morgan fingerprint density at radius 3 is 2.58 bits per heavy atom. The van der Waals surface area contributed by atoms with Crippen molar-refractivity contribution in [1.82, 2.24) is 9.88 Å². The monoisotopic (exact) mass is 356 g/mol. The number of rotatable bonds is 4. The normalized spacial score (nSPS) is 16.7. The second-order valence-corrected chi connectivity index (χ2v) is 7.95. The van der Waals surface area contributed by atoms with Crippen LogP contribution in [0.2, 0.25) is 5.02 Å². The van der Waals surface area contributed by atoms with Gasteiger partial charge in [0.1, 0.15) is 0 Å². The van der Waals surface area contributed by atoms with Crippen LogP contribution < -0.4 is 0 Å². The summed E-state index contributed by atoms with van der Waals surface area (Å²) in [7, 11) is 0. The second kappa shape index (κ2) is 7.22. The predicted molar refractivity (Wildman–Crippen MR) is 103 cm³/mol. The van der Waals surface area contributed by atoms with Crippen molar-refractivity contribution < 1.29 is 0 Å². The Morgan fingerprint density at radius 1 is 1.04 bits per heavy atom. The molecule has 124 valence electrons. The molecular formula is C20H21ClN2S. The molecule has 0 unspecified atom stereocenters. The van der Waals surface area contributed by atoms with Gasteiger partial charge in [-0.25, -0.2) is 4.98 Å². The largest absolute Gasteiger partial charge is 0.303 e. The van der Waals surface area contributed by atoms with E-state index in [1.807, 2.05) is 23.5 Å². The molecule has 0 bridgehead atoms. The van der Waals surface area contributed by atoms with Crippen LogP contribution in [-0.4, -0.2) is 29.5 Å². The van der Waals surface area contributed by atoms with Crippen molar-refractivity contribution >= 4 is 33.2 Å². The van der Waals surface area contributed by atoms with Crippen molar-refractivity contribution in [2.75, 3.05) is 19.6 Å². The van der Waals surface area contributed by atoms with Crippen LogP contribution in [0.3, 0.4) is 0 Å². The lowest BCUT2D eigenvalue weighted by Crippen LogP contribution is -2.34. The lowest BCUT2D eigenvalue weighted by atomic mass is 9.97. The summed E-state index contributed by atoms with van der Waals surface area (Å²) in [6.45, 7) is 3.41. The van der Waals surface area contributed by atoms with E-state index in [9.17, 15) is 0 Å². The topological polar surface area (TPSA) is 16.1 Å². The van der Waals surface area contributed by atoms with E-state index in [0.29, 0.717) is 5.92 Å². The fourth-order valence-corrected chi connectivity index (χ4v) is 4.81. The van der Waals surface area contributed by atoms with Gasteiger partial charge in [0.2, 0.25) is 0 Å². The molecule has 0 amide bonds. The maximum atomic E-state index is 6.26.